The zero-order valence-corrected chi connectivity index (χ0v) is 10.4. The minimum absolute atomic E-state index is 0.502. The van der Waals surface area contributed by atoms with Crippen molar-refractivity contribution in [1.29, 1.82) is 0 Å². The van der Waals surface area contributed by atoms with Gasteiger partial charge in [-0.15, -0.1) is 0 Å². The molecule has 1 aliphatic heterocycles. The van der Waals surface area contributed by atoms with E-state index in [0.717, 1.165) is 36.2 Å². The minimum atomic E-state index is -0.502. The van der Waals surface area contributed by atoms with E-state index in [4.69, 9.17) is 0 Å². The third-order valence-electron chi connectivity index (χ3n) is 2.88. The first-order chi connectivity index (χ1) is 7.08. The molecule has 0 unspecified atom stereocenters. The summed E-state index contributed by atoms with van der Waals surface area (Å²) in [6, 6.07) is 3.91. The van der Waals surface area contributed by atoms with Crippen LogP contribution in [-0.4, -0.2) is 28.8 Å². The van der Waals surface area contributed by atoms with Gasteiger partial charge in [0.05, 0.1) is 10.1 Å². The standard InChI is InChI=1S/C11H15BrN2O/c1-11(15)4-7-14(8-5-11)10-9(12)3-2-6-13-10/h2-3,6,15H,4-5,7-8H2,1H3. The van der Waals surface area contributed by atoms with Gasteiger partial charge in [-0.25, -0.2) is 4.98 Å². The number of rotatable bonds is 1. The summed E-state index contributed by atoms with van der Waals surface area (Å²) >= 11 is 3.49. The van der Waals surface area contributed by atoms with E-state index in [0.29, 0.717) is 0 Å². The van der Waals surface area contributed by atoms with Crippen LogP contribution in [-0.2, 0) is 0 Å². The van der Waals surface area contributed by atoms with Crippen molar-refractivity contribution in [3.05, 3.63) is 22.8 Å². The van der Waals surface area contributed by atoms with Crippen molar-refractivity contribution in [3.63, 3.8) is 0 Å². The molecule has 3 nitrogen and oxygen atoms in total. The Bertz CT molecular complexity index is 344. The smallest absolute Gasteiger partial charge is 0.142 e. The number of hydrogen-bond acceptors (Lipinski definition) is 3. The molecule has 1 saturated heterocycles. The summed E-state index contributed by atoms with van der Waals surface area (Å²) in [5.74, 6) is 0.980. The van der Waals surface area contributed by atoms with Crippen LogP contribution in [0.5, 0.6) is 0 Å². The average Bonchev–Trinajstić information content (AvgIpc) is 2.19. The molecule has 2 heterocycles. The number of anilines is 1. The van der Waals surface area contributed by atoms with Gasteiger partial charge in [-0.2, -0.15) is 0 Å². The minimum Gasteiger partial charge on any atom is -0.390 e. The largest absolute Gasteiger partial charge is 0.390 e. The van der Waals surface area contributed by atoms with Gasteiger partial charge in [0, 0.05) is 19.3 Å². The van der Waals surface area contributed by atoms with Gasteiger partial charge in [0.25, 0.3) is 0 Å². The lowest BCUT2D eigenvalue weighted by atomic mass is 9.94. The van der Waals surface area contributed by atoms with Crippen molar-refractivity contribution in [3.8, 4) is 0 Å². The maximum atomic E-state index is 9.85. The molecule has 1 aromatic rings. The Balaban J connectivity index is 2.11. The molecule has 0 aromatic carbocycles. The number of aromatic nitrogens is 1. The zero-order valence-electron chi connectivity index (χ0n) is 8.78. The van der Waals surface area contributed by atoms with Gasteiger partial charge in [-0.05, 0) is 47.8 Å². The van der Waals surface area contributed by atoms with Crippen LogP contribution in [0.4, 0.5) is 5.82 Å². The van der Waals surface area contributed by atoms with E-state index in [2.05, 4.69) is 25.8 Å². The summed E-state index contributed by atoms with van der Waals surface area (Å²) in [7, 11) is 0. The van der Waals surface area contributed by atoms with Gasteiger partial charge in [0.2, 0.25) is 0 Å². The molecule has 1 N–H and O–H groups in total. The van der Waals surface area contributed by atoms with Gasteiger partial charge in [0.1, 0.15) is 5.82 Å². The number of nitrogens with zero attached hydrogens (tertiary/aromatic N) is 2. The Morgan fingerprint density at radius 2 is 2.13 bits per heavy atom. The number of hydrogen-bond donors (Lipinski definition) is 1. The highest BCUT2D eigenvalue weighted by molar-refractivity contribution is 9.10. The normalized spacial score (nSPS) is 20.3. The van der Waals surface area contributed by atoms with Crippen LogP contribution < -0.4 is 4.90 Å². The van der Waals surface area contributed by atoms with Gasteiger partial charge in [0.15, 0.2) is 0 Å². The highest BCUT2D eigenvalue weighted by Gasteiger charge is 2.28. The van der Waals surface area contributed by atoms with Crippen molar-refractivity contribution in [2.75, 3.05) is 18.0 Å². The summed E-state index contributed by atoms with van der Waals surface area (Å²) in [6.07, 6.45) is 3.40. The van der Waals surface area contributed by atoms with Crippen molar-refractivity contribution in [2.45, 2.75) is 25.4 Å². The second kappa shape index (κ2) is 4.10. The lowest BCUT2D eigenvalue weighted by Crippen LogP contribution is -2.42. The topological polar surface area (TPSA) is 36.4 Å². The van der Waals surface area contributed by atoms with E-state index < -0.39 is 5.60 Å². The molecular formula is C11H15BrN2O. The Morgan fingerprint density at radius 3 is 2.73 bits per heavy atom. The first-order valence-electron chi connectivity index (χ1n) is 5.16. The number of pyridine rings is 1. The zero-order chi connectivity index (χ0) is 10.9. The lowest BCUT2D eigenvalue weighted by molar-refractivity contribution is 0.0350. The number of halogens is 1. The first-order valence-corrected chi connectivity index (χ1v) is 5.96. The van der Waals surface area contributed by atoms with Crippen molar-refractivity contribution < 1.29 is 5.11 Å². The molecule has 0 bridgehead atoms. The first kappa shape index (κ1) is 10.9. The van der Waals surface area contributed by atoms with Crippen LogP contribution in [0.3, 0.4) is 0 Å². The Labute approximate surface area is 98.3 Å². The molecule has 15 heavy (non-hydrogen) atoms. The van der Waals surface area contributed by atoms with E-state index in [-0.39, 0.29) is 0 Å². The van der Waals surface area contributed by atoms with Crippen molar-refractivity contribution in [1.82, 2.24) is 4.98 Å². The van der Waals surface area contributed by atoms with E-state index in [1.165, 1.54) is 0 Å². The van der Waals surface area contributed by atoms with Crippen molar-refractivity contribution >= 4 is 21.7 Å². The maximum Gasteiger partial charge on any atom is 0.142 e. The van der Waals surface area contributed by atoms with Gasteiger partial charge in [-0.3, -0.25) is 0 Å². The molecule has 1 aromatic heterocycles. The molecule has 1 fully saturated rings. The van der Waals surface area contributed by atoms with Crippen LogP contribution >= 0.6 is 15.9 Å². The molecule has 4 heteroatoms. The molecular weight excluding hydrogens is 256 g/mol. The van der Waals surface area contributed by atoms with Crippen LogP contribution in [0.15, 0.2) is 22.8 Å². The molecule has 1 aliphatic rings. The van der Waals surface area contributed by atoms with Gasteiger partial charge < -0.3 is 10.0 Å². The third kappa shape index (κ3) is 2.49. The molecule has 0 aliphatic carbocycles. The van der Waals surface area contributed by atoms with Crippen LogP contribution in [0.25, 0.3) is 0 Å². The van der Waals surface area contributed by atoms with Crippen LogP contribution in [0, 0.1) is 0 Å². The monoisotopic (exact) mass is 270 g/mol. The SMILES string of the molecule is CC1(O)CCN(c2ncccc2Br)CC1. The Hall–Kier alpha value is -0.610. The van der Waals surface area contributed by atoms with E-state index in [1.807, 2.05) is 19.1 Å². The maximum absolute atomic E-state index is 9.85. The highest BCUT2D eigenvalue weighted by atomic mass is 79.9. The van der Waals surface area contributed by atoms with Gasteiger partial charge >= 0.3 is 0 Å². The summed E-state index contributed by atoms with van der Waals surface area (Å²) in [5, 5.41) is 9.85. The molecule has 0 saturated carbocycles. The van der Waals surface area contributed by atoms with E-state index in [1.54, 1.807) is 6.20 Å². The second-order valence-corrected chi connectivity index (χ2v) is 5.15. The molecule has 0 atom stereocenters. The average molecular weight is 271 g/mol. The number of aliphatic hydroxyl groups is 1. The fourth-order valence-corrected chi connectivity index (χ4v) is 2.32. The van der Waals surface area contributed by atoms with E-state index in [9.17, 15) is 5.11 Å². The Kier molecular flexibility index (Phi) is 2.98. The fraction of sp³-hybridized carbons (Fsp3) is 0.545. The molecule has 0 radical (unpaired) electrons. The quantitative estimate of drug-likeness (QED) is 0.850. The molecule has 82 valence electrons. The fourth-order valence-electron chi connectivity index (χ4n) is 1.81. The van der Waals surface area contributed by atoms with E-state index >= 15 is 0 Å². The Morgan fingerprint density at radius 1 is 1.47 bits per heavy atom. The predicted molar refractivity (Wildman–Crippen MR) is 64.0 cm³/mol. The molecule has 0 amide bonds. The predicted octanol–water partition coefficient (Wildman–Crippen LogP) is 2.20. The summed E-state index contributed by atoms with van der Waals surface area (Å²) < 4.78 is 1.02. The number of piperidine rings is 1. The second-order valence-electron chi connectivity index (χ2n) is 4.29. The van der Waals surface area contributed by atoms with Crippen LogP contribution in [0.1, 0.15) is 19.8 Å². The lowest BCUT2D eigenvalue weighted by Gasteiger charge is -2.36. The molecule has 2 rings (SSSR count). The summed E-state index contributed by atoms with van der Waals surface area (Å²) in [5.41, 5.74) is -0.502. The van der Waals surface area contributed by atoms with Crippen LogP contribution in [0.2, 0.25) is 0 Å². The van der Waals surface area contributed by atoms with Crippen molar-refractivity contribution in [2.24, 2.45) is 0 Å². The summed E-state index contributed by atoms with van der Waals surface area (Å²) in [6.45, 7) is 3.63. The summed E-state index contributed by atoms with van der Waals surface area (Å²) in [4.78, 5) is 6.56. The highest BCUT2D eigenvalue weighted by Crippen LogP contribution is 2.28. The van der Waals surface area contributed by atoms with Gasteiger partial charge in [-0.1, -0.05) is 0 Å². The molecule has 0 spiro atoms. The third-order valence-corrected chi connectivity index (χ3v) is 3.50.